The molecule has 3 aromatic carbocycles. The third-order valence-electron chi connectivity index (χ3n) is 10.7. The van der Waals surface area contributed by atoms with E-state index in [2.05, 4.69) is 38.7 Å². The molecule has 1 fully saturated rings. The number of amides is 1. The number of piperidine rings is 1. The predicted octanol–water partition coefficient (Wildman–Crippen LogP) is 10.0. The number of pyridine rings is 1. The number of carbonyl (C=O) groups excluding carboxylic acids is 2. The highest BCUT2D eigenvalue weighted by Crippen LogP contribution is 2.43. The van der Waals surface area contributed by atoms with Crippen molar-refractivity contribution < 1.29 is 24.2 Å². The lowest BCUT2D eigenvalue weighted by atomic mass is 9.95. The fourth-order valence-corrected chi connectivity index (χ4v) is 8.34. The van der Waals surface area contributed by atoms with Crippen LogP contribution in [0.2, 0.25) is 15.1 Å². The first-order chi connectivity index (χ1) is 27.9. The van der Waals surface area contributed by atoms with Crippen molar-refractivity contribution in [3.8, 4) is 0 Å². The Morgan fingerprint density at radius 1 is 1.05 bits per heavy atom. The predicted molar refractivity (Wildman–Crippen MR) is 233 cm³/mol. The lowest BCUT2D eigenvalue weighted by molar-refractivity contribution is -0.128. The number of hydrogen-bond donors (Lipinski definition) is 3. The molecule has 1 aliphatic heterocycles. The second kappa shape index (κ2) is 18.9. The number of halogens is 3. The number of hydrogen-bond acceptors (Lipinski definition) is 8. The van der Waals surface area contributed by atoms with Gasteiger partial charge in [0.2, 0.25) is 0 Å². The maximum atomic E-state index is 14.9. The first-order valence-corrected chi connectivity index (χ1v) is 20.0. The van der Waals surface area contributed by atoms with Crippen LogP contribution < -0.4 is 10.2 Å². The Kier molecular flexibility index (Phi) is 13.8. The Labute approximate surface area is 352 Å². The normalized spacial score (nSPS) is 14.2. The van der Waals surface area contributed by atoms with Crippen molar-refractivity contribution in [2.24, 2.45) is 0 Å². The molecule has 1 atom stereocenters. The van der Waals surface area contributed by atoms with Crippen LogP contribution in [0.4, 0.5) is 11.5 Å². The van der Waals surface area contributed by atoms with Gasteiger partial charge in [-0.05, 0) is 93.4 Å². The van der Waals surface area contributed by atoms with Gasteiger partial charge in [-0.2, -0.15) is 0 Å². The van der Waals surface area contributed by atoms with Gasteiger partial charge >= 0.3 is 5.97 Å². The average molecular weight is 844 g/mol. The largest absolute Gasteiger partial charge is 0.478 e. The molecule has 0 radical (unpaired) electrons. The van der Waals surface area contributed by atoms with E-state index in [0.717, 1.165) is 47.9 Å². The second-order valence-electron chi connectivity index (χ2n) is 14.2. The molecular weight excluding hydrogens is 799 g/mol. The summed E-state index contributed by atoms with van der Waals surface area (Å²) in [5.74, 6) is -1.22. The maximum Gasteiger partial charge on any atom is 0.337 e. The van der Waals surface area contributed by atoms with Crippen LogP contribution in [0.5, 0.6) is 0 Å². The van der Waals surface area contributed by atoms with Crippen molar-refractivity contribution in [2.45, 2.75) is 45.2 Å². The monoisotopic (exact) mass is 842 g/mol. The fraction of sp³-hybridized carbons (Fsp3) is 0.273. The van der Waals surface area contributed by atoms with Gasteiger partial charge in [0.05, 0.1) is 29.6 Å². The zero-order chi connectivity index (χ0) is 41.5. The number of aromatic amines is 1. The number of anilines is 2. The van der Waals surface area contributed by atoms with E-state index in [0.29, 0.717) is 69.9 Å². The van der Waals surface area contributed by atoms with Gasteiger partial charge in [-0.1, -0.05) is 83.8 Å². The number of carboxylic acids is 1. The zero-order valence-corrected chi connectivity index (χ0v) is 34.7. The van der Waals surface area contributed by atoms with Gasteiger partial charge in [0.15, 0.2) is 5.82 Å². The summed E-state index contributed by atoms with van der Waals surface area (Å²) in [4.78, 5) is 51.9. The van der Waals surface area contributed by atoms with Gasteiger partial charge in [0.25, 0.3) is 12.4 Å². The fourth-order valence-electron chi connectivity index (χ4n) is 7.60. The molecule has 6 rings (SSSR count). The van der Waals surface area contributed by atoms with Crippen molar-refractivity contribution >= 4 is 86.8 Å². The first-order valence-electron chi connectivity index (χ1n) is 18.9. The van der Waals surface area contributed by atoms with Crippen LogP contribution in [0, 0.1) is 0 Å². The summed E-state index contributed by atoms with van der Waals surface area (Å²) in [6.45, 7) is 11.1. The van der Waals surface area contributed by atoms with Crippen molar-refractivity contribution in [3.63, 3.8) is 0 Å². The first kappa shape index (κ1) is 42.3. The van der Waals surface area contributed by atoms with Crippen LogP contribution in [0.15, 0.2) is 91.8 Å². The topological polar surface area (TPSA) is 131 Å². The van der Waals surface area contributed by atoms with Crippen molar-refractivity contribution in [1.82, 2.24) is 19.8 Å². The number of fused-ring (bicyclic) bond motifs is 1. The van der Waals surface area contributed by atoms with Crippen LogP contribution in [-0.2, 0) is 9.53 Å². The van der Waals surface area contributed by atoms with Crippen LogP contribution in [0.1, 0.15) is 76.7 Å². The minimum Gasteiger partial charge on any atom is -0.478 e. The van der Waals surface area contributed by atoms with Gasteiger partial charge in [-0.3, -0.25) is 9.59 Å². The Bertz CT molecular complexity index is 2340. The number of ether oxygens (including phenoxy) is 1. The highest BCUT2D eigenvalue weighted by atomic mass is 35.5. The number of benzene rings is 3. The molecule has 14 heteroatoms. The van der Waals surface area contributed by atoms with Gasteiger partial charge in [0, 0.05) is 63.4 Å². The molecule has 0 bridgehead atoms. The Hall–Kier alpha value is -5.33. The number of nitrogens with one attached hydrogen (secondary N) is 2. The summed E-state index contributed by atoms with van der Waals surface area (Å²) in [6.07, 6.45) is 5.38. The van der Waals surface area contributed by atoms with E-state index in [1.54, 1.807) is 30.5 Å². The second-order valence-corrected chi connectivity index (χ2v) is 15.5. The summed E-state index contributed by atoms with van der Waals surface area (Å²) < 4.78 is 4.85. The molecule has 3 N–H and O–H groups in total. The van der Waals surface area contributed by atoms with E-state index in [4.69, 9.17) is 39.5 Å². The molecule has 5 aromatic rings. The number of allylic oxidation sites excluding steroid dienone is 1. The molecule has 2 aromatic heterocycles. The summed E-state index contributed by atoms with van der Waals surface area (Å²) in [7, 11) is 2.05. The minimum atomic E-state index is -1.17. The lowest BCUT2D eigenvalue weighted by Crippen LogP contribution is -2.44. The summed E-state index contributed by atoms with van der Waals surface area (Å²) in [6, 6.07) is 22.0. The average Bonchev–Trinajstić information content (AvgIpc) is 3.59. The van der Waals surface area contributed by atoms with E-state index in [1.165, 1.54) is 12.3 Å². The number of rotatable bonds is 16. The number of H-pyrrole nitrogens is 1. The van der Waals surface area contributed by atoms with Crippen molar-refractivity contribution in [1.29, 1.82) is 0 Å². The summed E-state index contributed by atoms with van der Waals surface area (Å²) >= 11 is 19.6. The Morgan fingerprint density at radius 2 is 1.76 bits per heavy atom. The summed E-state index contributed by atoms with van der Waals surface area (Å²) in [5.41, 5.74) is 4.84. The van der Waals surface area contributed by atoms with E-state index in [1.807, 2.05) is 61.2 Å². The molecule has 0 saturated carbocycles. The number of nitrogens with zero attached hydrogens (tertiary/aromatic N) is 4. The number of carboxylic acid groups (broad SMARTS) is 1. The quantitative estimate of drug-likeness (QED) is 0.0656. The zero-order valence-electron chi connectivity index (χ0n) is 32.5. The van der Waals surface area contributed by atoms with Gasteiger partial charge in [-0.25, -0.2) is 9.78 Å². The van der Waals surface area contributed by atoms with Gasteiger partial charge in [-0.15, -0.1) is 0 Å². The maximum absolute atomic E-state index is 14.9. The molecule has 0 spiro atoms. The number of carbonyl (C=O) groups is 3. The molecule has 1 aliphatic rings. The standard InChI is InChI=1S/C44H45Cl3N6O5/c1-5-53(28(3)34-14-12-31(45)23-36(34)47)41(27(2)29-10-7-6-8-11-29)39-35-15-13-32(46)24-37(35)49-40(39)43(55)50-38-22-30(44(56)57)25-48-42(38)52-19-16-33(17-20-52)51(4)18-9-21-58-26-54/h5-8,10-15,22-26,28,33,49H,1,9,16-21H2,2-4H3,(H,50,55)(H,56,57)/b41-27+. The van der Waals surface area contributed by atoms with E-state index < -0.39 is 11.9 Å². The minimum absolute atomic E-state index is 0.0677. The molecule has 0 aliphatic carbocycles. The SMILES string of the molecule is C=CN(/C(=C(\C)c1ccccc1)c1c(C(=O)Nc2cc(C(=O)O)cnc2N2CCC(N(C)CCCOC=O)CC2)[nH]c2cc(Cl)ccc12)C(C)c1ccc(Cl)cc1Cl. The third kappa shape index (κ3) is 9.34. The molecule has 1 amide bonds. The molecular formula is C44H45Cl3N6O5. The molecule has 58 heavy (non-hydrogen) atoms. The van der Waals surface area contributed by atoms with Gasteiger partial charge < -0.3 is 34.8 Å². The number of aromatic carboxylic acids is 1. The Morgan fingerprint density at radius 3 is 2.43 bits per heavy atom. The van der Waals surface area contributed by atoms with Crippen LogP contribution in [-0.4, -0.2) is 82.6 Å². The van der Waals surface area contributed by atoms with Crippen molar-refractivity contribution in [2.75, 3.05) is 43.5 Å². The number of aromatic nitrogens is 2. The van der Waals surface area contributed by atoms with E-state index in [9.17, 15) is 19.5 Å². The lowest BCUT2D eigenvalue weighted by Gasteiger charge is -2.38. The molecule has 3 heterocycles. The molecule has 1 unspecified atom stereocenters. The van der Waals surface area contributed by atoms with Gasteiger partial charge in [0.1, 0.15) is 5.69 Å². The highest BCUT2D eigenvalue weighted by molar-refractivity contribution is 6.35. The van der Waals surface area contributed by atoms with Crippen LogP contribution in [0.3, 0.4) is 0 Å². The van der Waals surface area contributed by atoms with Crippen LogP contribution in [0.25, 0.3) is 22.2 Å². The van der Waals surface area contributed by atoms with Crippen LogP contribution >= 0.6 is 34.8 Å². The van der Waals surface area contributed by atoms with Crippen molar-refractivity contribution in [3.05, 3.63) is 135 Å². The smallest absolute Gasteiger partial charge is 0.337 e. The molecule has 11 nitrogen and oxygen atoms in total. The van der Waals surface area contributed by atoms with E-state index >= 15 is 0 Å². The Balaban J connectivity index is 1.43. The van der Waals surface area contributed by atoms with E-state index in [-0.39, 0.29) is 23.0 Å². The molecule has 302 valence electrons. The highest BCUT2D eigenvalue weighted by Gasteiger charge is 2.31. The third-order valence-corrected chi connectivity index (χ3v) is 11.5. The molecule has 1 saturated heterocycles. The summed E-state index contributed by atoms with van der Waals surface area (Å²) in [5, 5.41) is 15.2.